The summed E-state index contributed by atoms with van der Waals surface area (Å²) in [7, 11) is 0. The average Bonchev–Trinajstić information content (AvgIpc) is 2.29. The van der Waals surface area contributed by atoms with Crippen LogP contribution in [0.5, 0.6) is 5.75 Å². The summed E-state index contributed by atoms with van der Waals surface area (Å²) in [5.41, 5.74) is 0.280. The summed E-state index contributed by atoms with van der Waals surface area (Å²) in [6, 6.07) is 7.85. The zero-order valence-electron chi connectivity index (χ0n) is 11.9. The Kier molecular flexibility index (Phi) is 7.19. The molecule has 1 unspecified atom stereocenters. The molecule has 0 aliphatic heterocycles. The Labute approximate surface area is 130 Å². The monoisotopic (exact) mass is 347 g/mol. The molecule has 1 aromatic rings. The summed E-state index contributed by atoms with van der Waals surface area (Å²) in [5, 5.41) is 3.50. The average molecular weight is 349 g/mol. The lowest BCUT2D eigenvalue weighted by molar-refractivity contribution is 0.309. The highest BCUT2D eigenvalue weighted by Gasteiger charge is 2.16. The molecule has 0 aliphatic carbocycles. The Morgan fingerprint density at radius 1 is 1.26 bits per heavy atom. The van der Waals surface area contributed by atoms with Crippen LogP contribution in [0.15, 0.2) is 28.7 Å². The lowest BCUT2D eigenvalue weighted by Crippen LogP contribution is -2.29. The van der Waals surface area contributed by atoms with Gasteiger partial charge in [-0.2, -0.15) is 0 Å². The normalized spacial score (nSPS) is 13.3. The number of alkyl halides is 1. The van der Waals surface area contributed by atoms with E-state index in [9.17, 15) is 0 Å². The minimum Gasteiger partial charge on any atom is -0.492 e. The van der Waals surface area contributed by atoms with Gasteiger partial charge in [0.2, 0.25) is 0 Å². The molecule has 1 aromatic carbocycles. The van der Waals surface area contributed by atoms with Crippen LogP contribution in [0.4, 0.5) is 0 Å². The van der Waals surface area contributed by atoms with Crippen LogP contribution in [0, 0.1) is 5.41 Å². The predicted molar refractivity (Wildman–Crippen MR) is 86.2 cm³/mol. The highest BCUT2D eigenvalue weighted by molar-refractivity contribution is 9.10. The summed E-state index contributed by atoms with van der Waals surface area (Å²) < 4.78 is 6.68. The van der Waals surface area contributed by atoms with Gasteiger partial charge in [-0.3, -0.25) is 0 Å². The van der Waals surface area contributed by atoms with Gasteiger partial charge in [0.25, 0.3) is 0 Å². The molecule has 1 N–H and O–H groups in total. The molecule has 0 aromatic heterocycles. The maximum Gasteiger partial charge on any atom is 0.119 e. The second-order valence-corrected chi connectivity index (χ2v) is 7.40. The largest absolute Gasteiger partial charge is 0.492 e. The molecule has 0 bridgehead atoms. The summed E-state index contributed by atoms with van der Waals surface area (Å²) in [5.74, 6) is 0.891. The van der Waals surface area contributed by atoms with Crippen molar-refractivity contribution in [2.24, 2.45) is 5.41 Å². The Morgan fingerprint density at radius 2 is 1.89 bits per heavy atom. The Morgan fingerprint density at radius 3 is 2.47 bits per heavy atom. The van der Waals surface area contributed by atoms with E-state index >= 15 is 0 Å². The first kappa shape index (κ1) is 16.8. The zero-order chi connectivity index (χ0) is 14.3. The van der Waals surface area contributed by atoms with Gasteiger partial charge in [-0.25, -0.2) is 0 Å². The molecule has 0 amide bonds. The molecule has 0 aliphatic rings. The molecule has 108 valence electrons. The first-order chi connectivity index (χ1) is 8.87. The smallest absolute Gasteiger partial charge is 0.119 e. The van der Waals surface area contributed by atoms with E-state index < -0.39 is 0 Å². The zero-order valence-corrected chi connectivity index (χ0v) is 14.2. The van der Waals surface area contributed by atoms with Crippen LogP contribution in [0.25, 0.3) is 0 Å². The minimum atomic E-state index is 0.174. The molecule has 0 saturated carbocycles. The van der Waals surface area contributed by atoms with E-state index in [2.05, 4.69) is 42.0 Å². The number of ether oxygens (including phenoxy) is 1. The quantitative estimate of drug-likeness (QED) is 0.580. The molecule has 1 rings (SSSR count). The molecule has 1 atom stereocenters. The van der Waals surface area contributed by atoms with Gasteiger partial charge in [0.1, 0.15) is 12.4 Å². The van der Waals surface area contributed by atoms with E-state index in [1.165, 1.54) is 0 Å². The van der Waals surface area contributed by atoms with Crippen LogP contribution in [0.2, 0.25) is 0 Å². The van der Waals surface area contributed by atoms with Crippen molar-refractivity contribution in [3.8, 4) is 5.75 Å². The maximum atomic E-state index is 6.27. The van der Waals surface area contributed by atoms with E-state index in [1.54, 1.807) is 0 Å². The molecule has 2 nitrogen and oxygen atoms in total. The highest BCUT2D eigenvalue weighted by Crippen LogP contribution is 2.23. The SMILES string of the molecule is CC(C)(C)CC(Cl)CNCCOc1ccc(Br)cc1. The van der Waals surface area contributed by atoms with Crippen LogP contribution in [-0.4, -0.2) is 25.1 Å². The van der Waals surface area contributed by atoms with Crippen molar-refractivity contribution in [3.63, 3.8) is 0 Å². The number of hydrogen-bond donors (Lipinski definition) is 1. The third-order valence-corrected chi connectivity index (χ3v) is 3.40. The van der Waals surface area contributed by atoms with Gasteiger partial charge < -0.3 is 10.1 Å². The van der Waals surface area contributed by atoms with E-state index in [0.29, 0.717) is 6.61 Å². The first-order valence-corrected chi connectivity index (χ1v) is 7.83. The van der Waals surface area contributed by atoms with Crippen LogP contribution < -0.4 is 10.1 Å². The molecule has 0 fully saturated rings. The van der Waals surface area contributed by atoms with Gasteiger partial charge in [-0.1, -0.05) is 36.7 Å². The number of benzene rings is 1. The van der Waals surface area contributed by atoms with Crippen LogP contribution in [0.3, 0.4) is 0 Å². The second kappa shape index (κ2) is 8.13. The van der Waals surface area contributed by atoms with Crippen LogP contribution in [0.1, 0.15) is 27.2 Å². The lowest BCUT2D eigenvalue weighted by atomic mass is 9.90. The van der Waals surface area contributed by atoms with Gasteiger partial charge >= 0.3 is 0 Å². The van der Waals surface area contributed by atoms with Crippen LogP contribution >= 0.6 is 27.5 Å². The molecule has 0 saturated heterocycles. The fourth-order valence-corrected chi connectivity index (χ4v) is 2.60. The van der Waals surface area contributed by atoms with Gasteiger partial charge in [0, 0.05) is 22.9 Å². The van der Waals surface area contributed by atoms with Crippen molar-refractivity contribution in [2.75, 3.05) is 19.7 Å². The molecule has 4 heteroatoms. The molecule has 0 radical (unpaired) electrons. The Hall–Kier alpha value is -0.250. The summed E-state index contributed by atoms with van der Waals surface area (Å²) in [6.45, 7) is 8.91. The summed E-state index contributed by atoms with van der Waals surface area (Å²) in [6.07, 6.45) is 1.01. The number of halogens is 2. The second-order valence-electron chi connectivity index (χ2n) is 5.87. The van der Waals surface area contributed by atoms with Gasteiger partial charge in [0.15, 0.2) is 0 Å². The first-order valence-electron chi connectivity index (χ1n) is 6.60. The Balaban J connectivity index is 2.09. The van der Waals surface area contributed by atoms with Crippen molar-refractivity contribution >= 4 is 27.5 Å². The van der Waals surface area contributed by atoms with E-state index in [0.717, 1.165) is 29.7 Å². The van der Waals surface area contributed by atoms with Gasteiger partial charge in [0.05, 0.1) is 0 Å². The lowest BCUT2D eigenvalue weighted by Gasteiger charge is -2.22. The van der Waals surface area contributed by atoms with E-state index in [-0.39, 0.29) is 10.8 Å². The number of nitrogens with one attached hydrogen (secondary N) is 1. The van der Waals surface area contributed by atoms with Crippen molar-refractivity contribution in [2.45, 2.75) is 32.6 Å². The fourth-order valence-electron chi connectivity index (χ4n) is 1.77. The molecule has 0 spiro atoms. The van der Waals surface area contributed by atoms with Crippen LogP contribution in [-0.2, 0) is 0 Å². The maximum absolute atomic E-state index is 6.27. The third kappa shape index (κ3) is 8.51. The molecular weight excluding hydrogens is 326 g/mol. The van der Waals surface area contributed by atoms with E-state index in [4.69, 9.17) is 16.3 Å². The molecular formula is C15H23BrClNO. The van der Waals surface area contributed by atoms with Gasteiger partial charge in [-0.15, -0.1) is 11.6 Å². The Bertz CT molecular complexity index is 361. The standard InChI is InChI=1S/C15H23BrClNO/c1-15(2,3)10-13(17)11-18-8-9-19-14-6-4-12(16)5-7-14/h4-7,13,18H,8-11H2,1-3H3. The predicted octanol–water partition coefficient (Wildman–Crippen LogP) is 4.46. The highest BCUT2D eigenvalue weighted by atomic mass is 79.9. The van der Waals surface area contributed by atoms with Gasteiger partial charge in [-0.05, 0) is 36.1 Å². The van der Waals surface area contributed by atoms with Crippen molar-refractivity contribution < 1.29 is 4.74 Å². The number of rotatable bonds is 7. The topological polar surface area (TPSA) is 21.3 Å². The third-order valence-electron chi connectivity index (χ3n) is 2.56. The summed E-state index contributed by atoms with van der Waals surface area (Å²) in [4.78, 5) is 0. The molecule has 19 heavy (non-hydrogen) atoms. The van der Waals surface area contributed by atoms with Crippen molar-refractivity contribution in [1.29, 1.82) is 0 Å². The van der Waals surface area contributed by atoms with Crippen molar-refractivity contribution in [3.05, 3.63) is 28.7 Å². The fraction of sp³-hybridized carbons (Fsp3) is 0.600. The molecule has 0 heterocycles. The van der Waals surface area contributed by atoms with Crippen molar-refractivity contribution in [1.82, 2.24) is 5.32 Å². The minimum absolute atomic E-state index is 0.174. The van der Waals surface area contributed by atoms with E-state index in [1.807, 2.05) is 24.3 Å². The number of hydrogen-bond acceptors (Lipinski definition) is 2. The summed E-state index contributed by atoms with van der Waals surface area (Å²) >= 11 is 9.67.